The second-order valence-electron chi connectivity index (χ2n) is 5.31. The van der Waals surface area contributed by atoms with Gasteiger partial charge in [-0.1, -0.05) is 13.0 Å². The van der Waals surface area contributed by atoms with Crippen molar-refractivity contribution in [3.05, 3.63) is 29.6 Å². The summed E-state index contributed by atoms with van der Waals surface area (Å²) in [5.74, 6) is 1.36. The first kappa shape index (κ1) is 12.4. The first-order valence-electron chi connectivity index (χ1n) is 6.25. The lowest BCUT2D eigenvalue weighted by Gasteiger charge is -2.24. The lowest BCUT2D eigenvalue weighted by atomic mass is 10.0. The monoisotopic (exact) mass is 236 g/mol. The van der Waals surface area contributed by atoms with Crippen LogP contribution in [0.15, 0.2) is 18.2 Å². The molecule has 1 aliphatic carbocycles. The third-order valence-corrected chi connectivity index (χ3v) is 3.68. The summed E-state index contributed by atoms with van der Waals surface area (Å²) in [7, 11) is 2.02. The molecule has 3 heteroatoms. The molecule has 0 spiro atoms. The molecular formula is C14H21FN2. The third kappa shape index (κ3) is 2.60. The molecule has 0 radical (unpaired) electrons. The smallest absolute Gasteiger partial charge is 0.130 e. The molecule has 1 fully saturated rings. The Morgan fingerprint density at radius 3 is 2.71 bits per heavy atom. The summed E-state index contributed by atoms with van der Waals surface area (Å²) in [6.07, 6.45) is 1.28. The van der Waals surface area contributed by atoms with Crippen LogP contribution < -0.4 is 10.6 Å². The van der Waals surface area contributed by atoms with Crippen LogP contribution in [0, 0.1) is 17.7 Å². The maximum absolute atomic E-state index is 13.8. The molecule has 17 heavy (non-hydrogen) atoms. The fourth-order valence-corrected chi connectivity index (χ4v) is 2.41. The SMILES string of the molecule is CC(N)c1c(F)cccc1N(C)CC1CC1C. The zero-order chi connectivity index (χ0) is 12.6. The van der Waals surface area contributed by atoms with Crippen LogP contribution in [0.4, 0.5) is 10.1 Å². The van der Waals surface area contributed by atoms with E-state index in [2.05, 4.69) is 11.8 Å². The molecule has 0 heterocycles. The van der Waals surface area contributed by atoms with Gasteiger partial charge in [0.25, 0.3) is 0 Å². The van der Waals surface area contributed by atoms with Gasteiger partial charge in [0.05, 0.1) is 0 Å². The van der Waals surface area contributed by atoms with Gasteiger partial charge >= 0.3 is 0 Å². The van der Waals surface area contributed by atoms with Crippen LogP contribution in [0.25, 0.3) is 0 Å². The molecule has 1 saturated carbocycles. The fourth-order valence-electron chi connectivity index (χ4n) is 2.41. The van der Waals surface area contributed by atoms with Gasteiger partial charge in [0.1, 0.15) is 5.82 Å². The molecular weight excluding hydrogens is 215 g/mol. The van der Waals surface area contributed by atoms with E-state index in [1.165, 1.54) is 12.5 Å². The van der Waals surface area contributed by atoms with Crippen molar-refractivity contribution in [2.75, 3.05) is 18.5 Å². The van der Waals surface area contributed by atoms with Crippen molar-refractivity contribution in [2.24, 2.45) is 17.6 Å². The summed E-state index contributed by atoms with van der Waals surface area (Å²) in [6, 6.07) is 4.92. The van der Waals surface area contributed by atoms with Crippen LogP contribution in [0.3, 0.4) is 0 Å². The average Bonchev–Trinajstić information content (AvgIpc) is 2.93. The quantitative estimate of drug-likeness (QED) is 0.871. The van der Waals surface area contributed by atoms with Crippen molar-refractivity contribution in [3.8, 4) is 0 Å². The van der Waals surface area contributed by atoms with E-state index in [0.29, 0.717) is 5.56 Å². The van der Waals surface area contributed by atoms with Crippen molar-refractivity contribution < 1.29 is 4.39 Å². The third-order valence-electron chi connectivity index (χ3n) is 3.68. The molecule has 2 nitrogen and oxygen atoms in total. The van der Waals surface area contributed by atoms with Crippen LogP contribution in [0.5, 0.6) is 0 Å². The normalized spacial score (nSPS) is 24.5. The highest BCUT2D eigenvalue weighted by Gasteiger charge is 2.33. The second-order valence-corrected chi connectivity index (χ2v) is 5.31. The van der Waals surface area contributed by atoms with Gasteiger partial charge in [-0.05, 0) is 37.3 Å². The number of hydrogen-bond donors (Lipinski definition) is 1. The summed E-state index contributed by atoms with van der Waals surface area (Å²) in [4.78, 5) is 2.13. The topological polar surface area (TPSA) is 29.3 Å². The van der Waals surface area contributed by atoms with E-state index in [-0.39, 0.29) is 11.9 Å². The Bertz CT molecular complexity index is 403. The first-order chi connectivity index (χ1) is 8.00. The minimum Gasteiger partial charge on any atom is -0.374 e. The molecule has 1 aliphatic rings. The summed E-state index contributed by atoms with van der Waals surface area (Å²) < 4.78 is 13.8. The van der Waals surface area contributed by atoms with E-state index >= 15 is 0 Å². The highest BCUT2D eigenvalue weighted by Crippen LogP contribution is 2.39. The van der Waals surface area contributed by atoms with Crippen molar-refractivity contribution in [3.63, 3.8) is 0 Å². The maximum atomic E-state index is 13.8. The van der Waals surface area contributed by atoms with Crippen molar-refractivity contribution in [2.45, 2.75) is 26.3 Å². The summed E-state index contributed by atoms with van der Waals surface area (Å²) >= 11 is 0. The van der Waals surface area contributed by atoms with Crippen LogP contribution >= 0.6 is 0 Å². The number of anilines is 1. The van der Waals surface area contributed by atoms with Gasteiger partial charge in [-0.15, -0.1) is 0 Å². The van der Waals surface area contributed by atoms with Crippen molar-refractivity contribution in [1.29, 1.82) is 0 Å². The summed E-state index contributed by atoms with van der Waals surface area (Å²) in [5.41, 5.74) is 7.42. The number of rotatable bonds is 4. The highest BCUT2D eigenvalue weighted by atomic mass is 19.1. The zero-order valence-corrected chi connectivity index (χ0v) is 10.8. The average molecular weight is 236 g/mol. The number of nitrogens with two attached hydrogens (primary N) is 1. The predicted molar refractivity (Wildman–Crippen MR) is 69.5 cm³/mol. The Hall–Kier alpha value is -1.09. The molecule has 1 aromatic rings. The Balaban J connectivity index is 2.21. The summed E-state index contributed by atoms with van der Waals surface area (Å²) in [6.45, 7) is 5.08. The maximum Gasteiger partial charge on any atom is 0.130 e. The second kappa shape index (κ2) is 4.65. The van der Waals surface area contributed by atoms with Gasteiger partial charge in [0, 0.05) is 30.9 Å². The fraction of sp³-hybridized carbons (Fsp3) is 0.571. The van der Waals surface area contributed by atoms with E-state index in [4.69, 9.17) is 5.73 Å². The Labute approximate surface area is 103 Å². The van der Waals surface area contributed by atoms with E-state index in [9.17, 15) is 4.39 Å². The minimum atomic E-state index is -0.273. The van der Waals surface area contributed by atoms with Crippen LogP contribution in [-0.2, 0) is 0 Å². The molecule has 0 aromatic heterocycles. The standard InChI is InChI=1S/C14H21FN2/c1-9-7-11(9)8-17(3)13-6-4-5-12(15)14(13)10(2)16/h4-6,9-11H,7-8,16H2,1-3H3. The summed E-state index contributed by atoms with van der Waals surface area (Å²) in [5, 5.41) is 0. The Kier molecular flexibility index (Phi) is 3.38. The number of hydrogen-bond acceptors (Lipinski definition) is 2. The lowest BCUT2D eigenvalue weighted by Crippen LogP contribution is -2.24. The number of nitrogens with zero attached hydrogens (tertiary/aromatic N) is 1. The molecule has 3 unspecified atom stereocenters. The molecule has 0 amide bonds. The first-order valence-corrected chi connectivity index (χ1v) is 6.25. The number of halogens is 1. The van der Waals surface area contributed by atoms with E-state index in [1.54, 1.807) is 6.07 Å². The van der Waals surface area contributed by atoms with Crippen LogP contribution in [-0.4, -0.2) is 13.6 Å². The van der Waals surface area contributed by atoms with E-state index in [0.717, 1.165) is 24.1 Å². The lowest BCUT2D eigenvalue weighted by molar-refractivity contribution is 0.591. The van der Waals surface area contributed by atoms with Crippen LogP contribution in [0.2, 0.25) is 0 Å². The highest BCUT2D eigenvalue weighted by molar-refractivity contribution is 5.55. The van der Waals surface area contributed by atoms with Crippen molar-refractivity contribution in [1.82, 2.24) is 0 Å². The zero-order valence-electron chi connectivity index (χ0n) is 10.8. The predicted octanol–water partition coefficient (Wildman–Crippen LogP) is 2.94. The van der Waals surface area contributed by atoms with Crippen LogP contribution in [0.1, 0.15) is 31.9 Å². The van der Waals surface area contributed by atoms with Gasteiger partial charge in [-0.2, -0.15) is 0 Å². The molecule has 2 rings (SSSR count). The molecule has 0 bridgehead atoms. The number of benzene rings is 1. The van der Waals surface area contributed by atoms with Gasteiger partial charge in [-0.3, -0.25) is 0 Å². The van der Waals surface area contributed by atoms with E-state index < -0.39 is 0 Å². The molecule has 94 valence electrons. The molecule has 0 aliphatic heterocycles. The Morgan fingerprint density at radius 2 is 2.18 bits per heavy atom. The van der Waals surface area contributed by atoms with Gasteiger partial charge in [-0.25, -0.2) is 4.39 Å². The van der Waals surface area contributed by atoms with E-state index in [1.807, 2.05) is 20.0 Å². The van der Waals surface area contributed by atoms with Gasteiger partial charge in [0.15, 0.2) is 0 Å². The molecule has 2 N–H and O–H groups in total. The molecule has 1 aromatic carbocycles. The van der Waals surface area contributed by atoms with Crippen molar-refractivity contribution >= 4 is 5.69 Å². The minimum absolute atomic E-state index is 0.201. The van der Waals surface area contributed by atoms with Gasteiger partial charge in [0.2, 0.25) is 0 Å². The molecule has 0 saturated heterocycles. The Morgan fingerprint density at radius 1 is 1.53 bits per heavy atom. The largest absolute Gasteiger partial charge is 0.374 e. The van der Waals surface area contributed by atoms with Gasteiger partial charge < -0.3 is 10.6 Å². The molecule has 3 atom stereocenters.